The highest BCUT2D eigenvalue weighted by atomic mass is 19.1. The summed E-state index contributed by atoms with van der Waals surface area (Å²) in [4.78, 5) is 36.3. The third kappa shape index (κ3) is 2.68. The Hall–Kier alpha value is -2.64. The molecule has 2 heterocycles. The van der Waals surface area contributed by atoms with E-state index in [0.717, 1.165) is 18.9 Å². The maximum Gasteiger partial charge on any atom is 0.322 e. The second-order valence-electron chi connectivity index (χ2n) is 5.91. The van der Waals surface area contributed by atoms with Crippen LogP contribution in [0, 0.1) is 5.82 Å². The molecule has 0 bridgehead atoms. The monoisotopic (exact) mass is 335 g/mol. The summed E-state index contributed by atoms with van der Waals surface area (Å²) < 4.78 is 19.3. The zero-order chi connectivity index (χ0) is 17.3. The predicted octanol–water partition coefficient (Wildman–Crippen LogP) is 0.928. The van der Waals surface area contributed by atoms with E-state index in [2.05, 4.69) is 16.0 Å². The minimum Gasteiger partial charge on any atom is -0.480 e. The third-order valence-corrected chi connectivity index (χ3v) is 4.23. The summed E-state index contributed by atoms with van der Waals surface area (Å²) in [6.07, 6.45) is 0.696. The highest BCUT2D eigenvalue weighted by molar-refractivity contribution is 6.08. The van der Waals surface area contributed by atoms with E-state index >= 15 is 0 Å². The van der Waals surface area contributed by atoms with Gasteiger partial charge in [0.2, 0.25) is 0 Å². The number of imide groups is 1. The van der Waals surface area contributed by atoms with Gasteiger partial charge in [-0.15, -0.1) is 0 Å². The number of carbonyl (C=O) groups excluding carboxylic acids is 3. The van der Waals surface area contributed by atoms with E-state index in [0.29, 0.717) is 6.54 Å². The van der Waals surface area contributed by atoms with Gasteiger partial charge in [0, 0.05) is 18.5 Å². The maximum atomic E-state index is 13.6. The number of urea groups is 1. The predicted molar refractivity (Wildman–Crippen MR) is 81.7 cm³/mol. The van der Waals surface area contributed by atoms with Gasteiger partial charge in [-0.3, -0.25) is 14.9 Å². The molecule has 0 aromatic heterocycles. The largest absolute Gasteiger partial charge is 0.480 e. The normalized spacial score (nSPS) is 24.8. The number of amides is 4. The smallest absolute Gasteiger partial charge is 0.322 e. The van der Waals surface area contributed by atoms with Gasteiger partial charge in [-0.2, -0.15) is 0 Å². The molecule has 4 amide bonds. The minimum atomic E-state index is -1.50. The molecule has 1 aromatic carbocycles. The van der Waals surface area contributed by atoms with Crippen molar-refractivity contribution in [2.75, 3.05) is 6.54 Å². The van der Waals surface area contributed by atoms with E-state index < -0.39 is 29.4 Å². The van der Waals surface area contributed by atoms with Gasteiger partial charge in [0.25, 0.3) is 11.8 Å². The fourth-order valence-electron chi connectivity index (χ4n) is 2.99. The van der Waals surface area contributed by atoms with Gasteiger partial charge in [-0.25, -0.2) is 9.18 Å². The summed E-state index contributed by atoms with van der Waals surface area (Å²) in [6.45, 7) is 2.50. The molecule has 1 fully saturated rings. The van der Waals surface area contributed by atoms with Crippen LogP contribution in [-0.4, -0.2) is 30.5 Å². The van der Waals surface area contributed by atoms with Gasteiger partial charge in [-0.1, -0.05) is 13.3 Å². The molecule has 1 aromatic rings. The molecule has 0 saturated carbocycles. The molecule has 0 unspecified atom stereocenters. The van der Waals surface area contributed by atoms with Crippen LogP contribution in [0.4, 0.5) is 9.18 Å². The van der Waals surface area contributed by atoms with E-state index in [1.165, 1.54) is 12.1 Å². The van der Waals surface area contributed by atoms with Crippen molar-refractivity contribution in [3.05, 3.63) is 29.6 Å². The Morgan fingerprint density at radius 1 is 1.46 bits per heavy atom. The molecule has 7 nitrogen and oxygen atoms in total. The average molecular weight is 335 g/mol. The van der Waals surface area contributed by atoms with Crippen LogP contribution in [-0.2, 0) is 15.1 Å². The van der Waals surface area contributed by atoms with Crippen molar-refractivity contribution in [3.63, 3.8) is 0 Å². The Morgan fingerprint density at radius 2 is 2.25 bits per heavy atom. The number of fused-ring (bicyclic) bond motifs is 2. The number of benzene rings is 1. The van der Waals surface area contributed by atoms with Crippen molar-refractivity contribution in [2.24, 2.45) is 0 Å². The van der Waals surface area contributed by atoms with E-state index in [9.17, 15) is 18.8 Å². The second-order valence-corrected chi connectivity index (χ2v) is 5.91. The zero-order valence-electron chi connectivity index (χ0n) is 13.1. The minimum absolute atomic E-state index is 0.0982. The zero-order valence-corrected chi connectivity index (χ0v) is 13.1. The van der Waals surface area contributed by atoms with Crippen LogP contribution in [0.15, 0.2) is 18.2 Å². The molecular formula is C16H18FN3O4. The van der Waals surface area contributed by atoms with E-state index in [4.69, 9.17) is 4.74 Å². The molecule has 3 rings (SSSR count). The molecule has 3 N–H and O–H groups in total. The van der Waals surface area contributed by atoms with Gasteiger partial charge < -0.3 is 15.4 Å². The van der Waals surface area contributed by atoms with Gasteiger partial charge in [0.1, 0.15) is 11.6 Å². The topological polar surface area (TPSA) is 96.5 Å². The summed E-state index contributed by atoms with van der Waals surface area (Å²) in [5.41, 5.74) is -1.29. The first kappa shape index (κ1) is 16.2. The summed E-state index contributed by atoms with van der Waals surface area (Å²) in [7, 11) is 0. The Labute approximate surface area is 137 Å². The summed E-state index contributed by atoms with van der Waals surface area (Å²) >= 11 is 0. The molecule has 2 aliphatic rings. The molecule has 0 radical (unpaired) electrons. The number of halogens is 1. The molecule has 8 heteroatoms. The van der Waals surface area contributed by atoms with Crippen molar-refractivity contribution in [2.45, 2.75) is 37.8 Å². The van der Waals surface area contributed by atoms with Crippen LogP contribution < -0.4 is 20.7 Å². The van der Waals surface area contributed by atoms with Gasteiger partial charge in [-0.05, 0) is 24.6 Å². The lowest BCUT2D eigenvalue weighted by atomic mass is 9.81. The molecule has 128 valence electrons. The summed E-state index contributed by atoms with van der Waals surface area (Å²) in [5.74, 6) is -1.34. The molecule has 0 aliphatic carbocycles. The highest BCUT2D eigenvalue weighted by Crippen LogP contribution is 2.41. The fraction of sp³-hybridized carbons (Fsp3) is 0.438. The number of ether oxygens (including phenoxy) is 1. The number of unbranched alkanes of at least 4 members (excludes halogenated alkanes) is 1. The number of hydrogen-bond acceptors (Lipinski definition) is 4. The summed E-state index contributed by atoms with van der Waals surface area (Å²) in [6, 6.07) is 3.00. The van der Waals surface area contributed by atoms with Gasteiger partial charge in [0.15, 0.2) is 11.6 Å². The van der Waals surface area contributed by atoms with Crippen LogP contribution in [0.5, 0.6) is 5.75 Å². The third-order valence-electron chi connectivity index (χ3n) is 4.23. The maximum absolute atomic E-state index is 13.6. The Morgan fingerprint density at radius 3 is 2.92 bits per heavy atom. The van der Waals surface area contributed by atoms with Crippen molar-refractivity contribution in [3.8, 4) is 5.75 Å². The standard InChI is InChI=1S/C16H18FN3O4/c1-2-3-6-18-13(21)12-8-16(14(22)19-15(23)20-16)10-7-9(17)4-5-11(10)24-12/h4-5,7,12H,2-3,6,8H2,1H3,(H,18,21)(H2,19,20,22,23)/t12-,16-/m1/s1. The van der Waals surface area contributed by atoms with Crippen LogP contribution >= 0.6 is 0 Å². The van der Waals surface area contributed by atoms with Crippen molar-refractivity contribution < 1.29 is 23.5 Å². The first-order chi connectivity index (χ1) is 11.5. The quantitative estimate of drug-likeness (QED) is 0.563. The van der Waals surface area contributed by atoms with Gasteiger partial charge >= 0.3 is 6.03 Å². The first-order valence-electron chi connectivity index (χ1n) is 7.84. The molecular weight excluding hydrogens is 317 g/mol. The highest BCUT2D eigenvalue weighted by Gasteiger charge is 2.54. The Bertz CT molecular complexity index is 709. The number of hydrogen-bond donors (Lipinski definition) is 3. The lowest BCUT2D eigenvalue weighted by Gasteiger charge is -2.36. The Kier molecular flexibility index (Phi) is 4.13. The van der Waals surface area contributed by atoms with Crippen LogP contribution in [0.2, 0.25) is 0 Å². The molecule has 24 heavy (non-hydrogen) atoms. The molecule has 2 atom stereocenters. The molecule has 1 saturated heterocycles. The van der Waals surface area contributed by atoms with Crippen LogP contribution in [0.3, 0.4) is 0 Å². The Balaban J connectivity index is 1.94. The molecule has 2 aliphatic heterocycles. The van der Waals surface area contributed by atoms with Crippen LogP contribution in [0.25, 0.3) is 0 Å². The number of carbonyl (C=O) groups is 3. The second kappa shape index (κ2) is 6.10. The summed E-state index contributed by atoms with van der Waals surface area (Å²) in [5, 5.41) is 7.42. The van der Waals surface area contributed by atoms with E-state index in [-0.39, 0.29) is 23.6 Å². The van der Waals surface area contributed by atoms with Crippen molar-refractivity contribution >= 4 is 17.8 Å². The first-order valence-corrected chi connectivity index (χ1v) is 7.84. The number of rotatable bonds is 4. The average Bonchev–Trinajstić information content (AvgIpc) is 2.82. The lowest BCUT2D eigenvalue weighted by molar-refractivity contribution is -0.133. The van der Waals surface area contributed by atoms with Crippen molar-refractivity contribution in [1.82, 2.24) is 16.0 Å². The SMILES string of the molecule is CCCCNC(=O)[C@H]1C[C@@]2(NC(=O)NC2=O)c2cc(F)ccc2O1. The van der Waals surface area contributed by atoms with Crippen LogP contribution in [0.1, 0.15) is 31.7 Å². The van der Waals surface area contributed by atoms with E-state index in [1.807, 2.05) is 6.92 Å². The lowest BCUT2D eigenvalue weighted by Crippen LogP contribution is -2.54. The number of nitrogens with one attached hydrogen (secondary N) is 3. The van der Waals surface area contributed by atoms with E-state index in [1.54, 1.807) is 0 Å². The van der Waals surface area contributed by atoms with Gasteiger partial charge in [0.05, 0.1) is 0 Å². The van der Waals surface area contributed by atoms with Crippen molar-refractivity contribution in [1.29, 1.82) is 0 Å². The fourth-order valence-corrected chi connectivity index (χ4v) is 2.99. The molecule has 1 spiro atoms.